The number of aryl methyl sites for hydroxylation is 2. The van der Waals surface area contributed by atoms with Crippen LogP contribution in [0.15, 0.2) is 41.2 Å². The van der Waals surface area contributed by atoms with Crippen molar-refractivity contribution < 1.29 is 0 Å². The van der Waals surface area contributed by atoms with Crippen LogP contribution >= 0.6 is 11.3 Å². The number of thiophene rings is 1. The smallest absolute Gasteiger partial charge is 0.262 e. The predicted octanol–water partition coefficient (Wildman–Crippen LogP) is 4.83. The second-order valence-electron chi connectivity index (χ2n) is 7.82. The van der Waals surface area contributed by atoms with Crippen molar-refractivity contribution in [3.05, 3.63) is 80.0 Å². The molecule has 0 N–H and O–H groups in total. The lowest BCUT2D eigenvalue weighted by Gasteiger charge is -2.05. The topological polar surface area (TPSA) is 52.7 Å². The van der Waals surface area contributed by atoms with Gasteiger partial charge in [-0.25, -0.2) is 4.98 Å². The molecule has 0 spiro atoms. The van der Waals surface area contributed by atoms with Crippen LogP contribution in [0.3, 0.4) is 0 Å². The highest BCUT2D eigenvalue weighted by molar-refractivity contribution is 7.18. The van der Waals surface area contributed by atoms with E-state index in [1.165, 1.54) is 10.4 Å². The van der Waals surface area contributed by atoms with Gasteiger partial charge in [0, 0.05) is 22.7 Å². The molecular formula is C24H24N4OS. The second-order valence-corrected chi connectivity index (χ2v) is 8.94. The van der Waals surface area contributed by atoms with Crippen LogP contribution in [0.4, 0.5) is 0 Å². The van der Waals surface area contributed by atoms with E-state index < -0.39 is 0 Å². The van der Waals surface area contributed by atoms with Crippen molar-refractivity contribution in [3.8, 4) is 0 Å². The highest BCUT2D eigenvalue weighted by Crippen LogP contribution is 2.31. The number of allylic oxidation sites excluding steroid dienone is 1. The number of fused-ring (bicyclic) bond motifs is 2. The van der Waals surface area contributed by atoms with Crippen molar-refractivity contribution in [1.29, 1.82) is 0 Å². The fourth-order valence-electron chi connectivity index (χ4n) is 4.18. The average molecular weight is 417 g/mol. The summed E-state index contributed by atoms with van der Waals surface area (Å²) in [6.45, 7) is 7.71. The Labute approximate surface area is 179 Å². The van der Waals surface area contributed by atoms with Crippen molar-refractivity contribution in [2.24, 2.45) is 0 Å². The quantitative estimate of drug-likeness (QED) is 0.479. The molecule has 5 rings (SSSR count). The summed E-state index contributed by atoms with van der Waals surface area (Å²) in [5.74, 6) is 0.812. The molecule has 5 nitrogen and oxygen atoms in total. The molecule has 0 amide bonds. The Kier molecular flexibility index (Phi) is 4.66. The van der Waals surface area contributed by atoms with Crippen LogP contribution in [0, 0.1) is 13.8 Å². The number of rotatable bonds is 4. The first-order chi connectivity index (χ1) is 14.5. The van der Waals surface area contributed by atoms with E-state index in [1.807, 2.05) is 23.6 Å². The summed E-state index contributed by atoms with van der Waals surface area (Å²) < 4.78 is 3.89. The third kappa shape index (κ3) is 3.12. The molecule has 30 heavy (non-hydrogen) atoms. The van der Waals surface area contributed by atoms with Gasteiger partial charge < -0.3 is 0 Å². The number of benzene rings is 1. The molecular weight excluding hydrogens is 392 g/mol. The standard InChI is InChI=1S/C24H24N4OS/c1-4-19-13-21-23(30-19)25-22-18(10-11-27(22)24(21)29)12-20-15(2)26-28(16(20)3)14-17-8-6-5-7-9-17/h5-9,12-13H,4,10-11,14H2,1-3H3/b18-12+. The van der Waals surface area contributed by atoms with E-state index in [1.54, 1.807) is 11.3 Å². The van der Waals surface area contributed by atoms with E-state index in [0.717, 1.165) is 58.0 Å². The lowest BCUT2D eigenvalue weighted by atomic mass is 10.1. The third-order valence-corrected chi connectivity index (χ3v) is 7.05. The molecule has 152 valence electrons. The summed E-state index contributed by atoms with van der Waals surface area (Å²) in [6.07, 6.45) is 3.94. The zero-order valence-corrected chi connectivity index (χ0v) is 18.3. The van der Waals surface area contributed by atoms with Crippen molar-refractivity contribution in [3.63, 3.8) is 0 Å². The minimum absolute atomic E-state index is 0.0857. The molecule has 3 aromatic heterocycles. The summed E-state index contributed by atoms with van der Waals surface area (Å²) in [7, 11) is 0. The molecule has 4 heterocycles. The minimum atomic E-state index is 0.0857. The SMILES string of the molecule is CCc1cc2c(=O)n3c(nc2s1)/C(=C/c1c(C)nn(Cc2ccccc2)c1C)CC3. The first-order valence-corrected chi connectivity index (χ1v) is 11.2. The van der Waals surface area contributed by atoms with Gasteiger partial charge in [-0.05, 0) is 50.0 Å². The van der Waals surface area contributed by atoms with Crippen molar-refractivity contribution in [2.75, 3.05) is 0 Å². The molecule has 0 bridgehead atoms. The van der Waals surface area contributed by atoms with E-state index in [4.69, 9.17) is 10.1 Å². The van der Waals surface area contributed by atoms with Gasteiger partial charge in [0.2, 0.25) is 0 Å². The molecule has 1 aliphatic heterocycles. The van der Waals surface area contributed by atoms with Crippen LogP contribution in [0.1, 0.15) is 46.6 Å². The van der Waals surface area contributed by atoms with E-state index in [9.17, 15) is 4.79 Å². The maximum absolute atomic E-state index is 13.0. The second kappa shape index (κ2) is 7.36. The fraction of sp³-hybridized carbons (Fsp3) is 0.292. The first-order valence-electron chi connectivity index (χ1n) is 10.4. The van der Waals surface area contributed by atoms with Gasteiger partial charge in [-0.15, -0.1) is 11.3 Å². The van der Waals surface area contributed by atoms with E-state index in [-0.39, 0.29) is 5.56 Å². The highest BCUT2D eigenvalue weighted by Gasteiger charge is 2.23. The van der Waals surface area contributed by atoms with Crippen LogP contribution in [0.25, 0.3) is 21.9 Å². The van der Waals surface area contributed by atoms with Crippen LogP contribution in [0.2, 0.25) is 0 Å². The lowest BCUT2D eigenvalue weighted by Crippen LogP contribution is -2.19. The largest absolute Gasteiger partial charge is 0.292 e. The van der Waals surface area contributed by atoms with Crippen molar-refractivity contribution in [1.82, 2.24) is 19.3 Å². The molecule has 6 heteroatoms. The summed E-state index contributed by atoms with van der Waals surface area (Å²) in [5, 5.41) is 5.53. The van der Waals surface area contributed by atoms with E-state index in [2.05, 4.69) is 48.9 Å². The van der Waals surface area contributed by atoms with Gasteiger partial charge in [0.05, 0.1) is 17.6 Å². The Morgan fingerprint density at radius 2 is 2.00 bits per heavy atom. The Morgan fingerprint density at radius 1 is 1.20 bits per heavy atom. The van der Waals surface area contributed by atoms with Crippen LogP contribution in [0.5, 0.6) is 0 Å². The highest BCUT2D eigenvalue weighted by atomic mass is 32.1. The Hall–Kier alpha value is -2.99. The molecule has 0 aliphatic carbocycles. The third-order valence-electron chi connectivity index (χ3n) is 5.87. The molecule has 0 unspecified atom stereocenters. The molecule has 1 aliphatic rings. The van der Waals surface area contributed by atoms with Gasteiger partial charge in [0.1, 0.15) is 10.7 Å². The lowest BCUT2D eigenvalue weighted by molar-refractivity contribution is 0.659. The van der Waals surface area contributed by atoms with Crippen LogP contribution in [-0.2, 0) is 19.5 Å². The number of hydrogen-bond acceptors (Lipinski definition) is 4. The molecule has 0 saturated heterocycles. The first kappa shape index (κ1) is 19.0. The molecule has 0 atom stereocenters. The molecule has 0 radical (unpaired) electrons. The number of hydrogen-bond donors (Lipinski definition) is 0. The fourth-order valence-corrected chi connectivity index (χ4v) is 5.14. The van der Waals surface area contributed by atoms with Gasteiger partial charge in [0.15, 0.2) is 0 Å². The van der Waals surface area contributed by atoms with Crippen LogP contribution in [-0.4, -0.2) is 19.3 Å². The minimum Gasteiger partial charge on any atom is -0.292 e. The molecule has 0 fully saturated rings. The maximum atomic E-state index is 13.0. The number of nitrogens with zero attached hydrogens (tertiary/aromatic N) is 4. The zero-order valence-electron chi connectivity index (χ0n) is 17.5. The average Bonchev–Trinajstić information content (AvgIpc) is 3.42. The van der Waals surface area contributed by atoms with Gasteiger partial charge in [0.25, 0.3) is 5.56 Å². The van der Waals surface area contributed by atoms with Crippen molar-refractivity contribution in [2.45, 2.75) is 46.7 Å². The molecule has 4 aromatic rings. The van der Waals surface area contributed by atoms with Gasteiger partial charge in [-0.3, -0.25) is 14.0 Å². The Balaban J connectivity index is 1.56. The van der Waals surface area contributed by atoms with Gasteiger partial charge >= 0.3 is 0 Å². The molecule has 1 aromatic carbocycles. The summed E-state index contributed by atoms with van der Waals surface area (Å²) in [5.41, 5.74) is 5.70. The summed E-state index contributed by atoms with van der Waals surface area (Å²) >= 11 is 1.63. The molecule has 0 saturated carbocycles. The summed E-state index contributed by atoms with van der Waals surface area (Å²) in [4.78, 5) is 19.9. The van der Waals surface area contributed by atoms with Crippen molar-refractivity contribution >= 4 is 33.2 Å². The predicted molar refractivity (Wildman–Crippen MR) is 123 cm³/mol. The van der Waals surface area contributed by atoms with Crippen LogP contribution < -0.4 is 5.56 Å². The van der Waals surface area contributed by atoms with Gasteiger partial charge in [-0.1, -0.05) is 37.3 Å². The van der Waals surface area contributed by atoms with E-state index >= 15 is 0 Å². The van der Waals surface area contributed by atoms with E-state index in [0.29, 0.717) is 6.54 Å². The summed E-state index contributed by atoms with van der Waals surface area (Å²) in [6, 6.07) is 12.4. The maximum Gasteiger partial charge on any atom is 0.262 e. The normalized spacial score (nSPS) is 14.7. The zero-order chi connectivity index (χ0) is 20.8. The Bertz CT molecular complexity index is 1340. The number of aromatic nitrogens is 4. The monoisotopic (exact) mass is 416 g/mol. The Morgan fingerprint density at radius 3 is 2.77 bits per heavy atom. The van der Waals surface area contributed by atoms with Gasteiger partial charge in [-0.2, -0.15) is 5.10 Å².